The van der Waals surface area contributed by atoms with Gasteiger partial charge in [-0.2, -0.15) is 18.4 Å². The highest BCUT2D eigenvalue weighted by Gasteiger charge is 2.51. The van der Waals surface area contributed by atoms with Gasteiger partial charge in [-0.15, -0.1) is 12.4 Å². The van der Waals surface area contributed by atoms with E-state index in [1.165, 1.54) is 24.8 Å². The zero-order chi connectivity index (χ0) is 18.3. The minimum Gasteiger partial charge on any atom is -0.329 e. The number of alkyl halides is 3. The molecule has 25 heavy (non-hydrogen) atoms. The van der Waals surface area contributed by atoms with Crippen LogP contribution in [0.15, 0.2) is 18.2 Å². The third-order valence-electron chi connectivity index (χ3n) is 3.86. The van der Waals surface area contributed by atoms with E-state index in [2.05, 4.69) is 0 Å². The zero-order valence-electron chi connectivity index (χ0n) is 13.4. The van der Waals surface area contributed by atoms with Crippen molar-refractivity contribution in [3.8, 4) is 6.07 Å². The summed E-state index contributed by atoms with van der Waals surface area (Å²) in [6.45, 7) is 3.20. The van der Waals surface area contributed by atoms with E-state index in [0.29, 0.717) is 11.0 Å². The largest absolute Gasteiger partial charge is 0.417 e. The van der Waals surface area contributed by atoms with Gasteiger partial charge in [0.15, 0.2) is 0 Å². The molecule has 0 aliphatic carbocycles. The normalized spacial score (nSPS) is 16.7. The van der Waals surface area contributed by atoms with E-state index in [1.807, 2.05) is 0 Å². The number of amides is 3. The Morgan fingerprint density at radius 1 is 1.28 bits per heavy atom. The van der Waals surface area contributed by atoms with Crippen LogP contribution in [0, 0.1) is 11.3 Å². The van der Waals surface area contributed by atoms with Crippen LogP contribution in [0.4, 0.5) is 23.7 Å². The number of carbonyl (C=O) groups excluding carboxylic acids is 2. The number of anilines is 1. The summed E-state index contributed by atoms with van der Waals surface area (Å²) in [6, 6.07) is 3.43. The van der Waals surface area contributed by atoms with Gasteiger partial charge in [0, 0.05) is 13.1 Å². The van der Waals surface area contributed by atoms with Crippen molar-refractivity contribution in [2.24, 2.45) is 5.73 Å². The van der Waals surface area contributed by atoms with E-state index >= 15 is 0 Å². The average Bonchev–Trinajstić information content (AvgIpc) is 2.66. The molecule has 1 aromatic carbocycles. The van der Waals surface area contributed by atoms with Crippen LogP contribution in [0.2, 0.25) is 0 Å². The summed E-state index contributed by atoms with van der Waals surface area (Å²) in [5, 5.41) is 8.82. The number of nitrogens with two attached hydrogens (primary N) is 1. The van der Waals surface area contributed by atoms with Gasteiger partial charge in [0.1, 0.15) is 5.54 Å². The highest BCUT2D eigenvalue weighted by atomic mass is 35.5. The van der Waals surface area contributed by atoms with Crippen molar-refractivity contribution in [2.45, 2.75) is 25.6 Å². The van der Waals surface area contributed by atoms with Gasteiger partial charge in [0.2, 0.25) is 0 Å². The minimum atomic E-state index is -4.78. The molecule has 0 aromatic heterocycles. The Kier molecular flexibility index (Phi) is 5.72. The molecule has 0 saturated carbocycles. The summed E-state index contributed by atoms with van der Waals surface area (Å²) in [5.41, 5.74) is 2.20. The van der Waals surface area contributed by atoms with Crippen molar-refractivity contribution >= 4 is 30.0 Å². The maximum atomic E-state index is 13.1. The maximum absolute atomic E-state index is 13.1. The number of nitriles is 1. The predicted octanol–water partition coefficient (Wildman–Crippen LogP) is 2.50. The molecule has 1 aromatic rings. The van der Waals surface area contributed by atoms with Gasteiger partial charge in [-0.05, 0) is 32.0 Å². The lowest BCUT2D eigenvalue weighted by molar-refractivity contribution is -0.137. The summed E-state index contributed by atoms with van der Waals surface area (Å²) in [7, 11) is 0. The summed E-state index contributed by atoms with van der Waals surface area (Å²) >= 11 is 0. The van der Waals surface area contributed by atoms with Crippen LogP contribution in [0.1, 0.15) is 25.0 Å². The van der Waals surface area contributed by atoms with Crippen molar-refractivity contribution in [1.82, 2.24) is 4.90 Å². The molecule has 0 spiro atoms. The molecule has 0 atom stereocenters. The Morgan fingerprint density at radius 3 is 2.36 bits per heavy atom. The third kappa shape index (κ3) is 3.41. The third-order valence-corrected chi connectivity index (χ3v) is 3.86. The fourth-order valence-corrected chi connectivity index (χ4v) is 2.57. The van der Waals surface area contributed by atoms with Gasteiger partial charge in [-0.1, -0.05) is 0 Å². The molecule has 1 fully saturated rings. The van der Waals surface area contributed by atoms with Gasteiger partial charge < -0.3 is 10.6 Å². The highest BCUT2D eigenvalue weighted by molar-refractivity contribution is 6.23. The van der Waals surface area contributed by atoms with Crippen molar-refractivity contribution in [1.29, 1.82) is 5.26 Å². The van der Waals surface area contributed by atoms with Crippen molar-refractivity contribution < 1.29 is 22.8 Å². The van der Waals surface area contributed by atoms with E-state index < -0.39 is 34.8 Å². The summed E-state index contributed by atoms with van der Waals surface area (Å²) in [6.07, 6.45) is -4.78. The SMILES string of the molecule is CC1(C)C(=O)N(c2ccc(C#N)c(C(F)(F)F)c2)C(=O)N1CCN.Cl. The second kappa shape index (κ2) is 6.90. The second-order valence-corrected chi connectivity index (χ2v) is 5.76. The Morgan fingerprint density at radius 2 is 1.88 bits per heavy atom. The Bertz CT molecular complexity index is 743. The Labute approximate surface area is 148 Å². The fourth-order valence-electron chi connectivity index (χ4n) is 2.57. The van der Waals surface area contributed by atoms with E-state index in [4.69, 9.17) is 11.0 Å². The fraction of sp³-hybridized carbons (Fsp3) is 0.400. The maximum Gasteiger partial charge on any atom is 0.417 e. The van der Waals surface area contributed by atoms with E-state index in [9.17, 15) is 22.8 Å². The number of hydrogen-bond acceptors (Lipinski definition) is 4. The first-order valence-corrected chi connectivity index (χ1v) is 7.03. The number of urea groups is 1. The Hall–Kier alpha value is -2.31. The lowest BCUT2D eigenvalue weighted by Crippen LogP contribution is -2.46. The molecule has 10 heteroatoms. The first-order chi connectivity index (χ1) is 11.1. The lowest BCUT2D eigenvalue weighted by Gasteiger charge is -2.26. The van der Waals surface area contributed by atoms with E-state index in [0.717, 1.165) is 12.1 Å². The number of nitrogens with zero attached hydrogens (tertiary/aromatic N) is 3. The summed E-state index contributed by atoms with van der Waals surface area (Å²) in [4.78, 5) is 26.9. The number of carbonyl (C=O) groups is 2. The number of halogens is 4. The molecule has 0 radical (unpaired) electrons. The number of imide groups is 1. The predicted molar refractivity (Wildman–Crippen MR) is 86.1 cm³/mol. The van der Waals surface area contributed by atoms with E-state index in [1.54, 1.807) is 0 Å². The summed E-state index contributed by atoms with van der Waals surface area (Å²) in [5.74, 6) is -0.654. The van der Waals surface area contributed by atoms with Crippen molar-refractivity contribution in [2.75, 3.05) is 18.0 Å². The minimum absolute atomic E-state index is 0. The topological polar surface area (TPSA) is 90.4 Å². The molecule has 2 N–H and O–H groups in total. The number of rotatable bonds is 3. The quantitative estimate of drug-likeness (QED) is 0.820. The highest BCUT2D eigenvalue weighted by Crippen LogP contribution is 2.37. The van der Waals surface area contributed by atoms with Crippen LogP contribution in [-0.2, 0) is 11.0 Å². The molecule has 136 valence electrons. The first-order valence-electron chi connectivity index (χ1n) is 7.03. The molecule has 1 aliphatic rings. The van der Waals surface area contributed by atoms with Crippen LogP contribution in [0.3, 0.4) is 0 Å². The monoisotopic (exact) mass is 376 g/mol. The smallest absolute Gasteiger partial charge is 0.329 e. The van der Waals surface area contributed by atoms with Crippen LogP contribution in [-0.4, -0.2) is 35.5 Å². The summed E-state index contributed by atoms with van der Waals surface area (Å²) < 4.78 is 39.2. The molecule has 1 saturated heterocycles. The second-order valence-electron chi connectivity index (χ2n) is 5.76. The van der Waals surface area contributed by atoms with Gasteiger partial charge in [-0.3, -0.25) is 4.79 Å². The molecule has 0 bridgehead atoms. The molecule has 0 unspecified atom stereocenters. The molecular weight excluding hydrogens is 361 g/mol. The van der Waals surface area contributed by atoms with Crippen LogP contribution in [0.25, 0.3) is 0 Å². The molecule has 1 heterocycles. The van der Waals surface area contributed by atoms with Crippen LogP contribution < -0.4 is 10.6 Å². The van der Waals surface area contributed by atoms with Crippen molar-refractivity contribution in [3.05, 3.63) is 29.3 Å². The van der Waals surface area contributed by atoms with E-state index in [-0.39, 0.29) is 31.2 Å². The standard InChI is InChI=1S/C15H15F3N4O2.ClH/c1-14(2)12(23)22(13(24)21(14)6-5-19)10-4-3-9(8-20)11(7-10)15(16,17)18;/h3-4,7H,5-6,19H2,1-2H3;1H. The molecule has 6 nitrogen and oxygen atoms in total. The number of benzene rings is 1. The van der Waals surface area contributed by atoms with Crippen molar-refractivity contribution in [3.63, 3.8) is 0 Å². The average molecular weight is 377 g/mol. The molecule has 2 rings (SSSR count). The van der Waals surface area contributed by atoms with Gasteiger partial charge >= 0.3 is 12.2 Å². The van der Waals surface area contributed by atoms with Crippen LogP contribution in [0.5, 0.6) is 0 Å². The van der Waals surface area contributed by atoms with Gasteiger partial charge in [-0.25, -0.2) is 9.69 Å². The van der Waals surface area contributed by atoms with Gasteiger partial charge in [0.25, 0.3) is 5.91 Å². The van der Waals surface area contributed by atoms with Gasteiger partial charge in [0.05, 0.1) is 22.9 Å². The first kappa shape index (κ1) is 20.7. The Balaban J connectivity index is 0.00000312. The number of hydrogen-bond donors (Lipinski definition) is 1. The van der Waals surface area contributed by atoms with Crippen LogP contribution >= 0.6 is 12.4 Å². The molecule has 3 amide bonds. The molecule has 1 aliphatic heterocycles. The lowest BCUT2D eigenvalue weighted by atomic mass is 10.0. The zero-order valence-corrected chi connectivity index (χ0v) is 14.2. The molecular formula is C15H16ClF3N4O2.